The highest BCUT2D eigenvalue weighted by Crippen LogP contribution is 2.13. The fraction of sp³-hybridized carbons (Fsp3) is 0.545. The highest BCUT2D eigenvalue weighted by molar-refractivity contribution is 5.31. The zero-order valence-electron chi connectivity index (χ0n) is 8.90. The number of hydrogen-bond acceptors (Lipinski definition) is 3. The Balaban J connectivity index is 2.51. The van der Waals surface area contributed by atoms with Gasteiger partial charge in [0.05, 0.1) is 0 Å². The second-order valence-electron chi connectivity index (χ2n) is 4.11. The van der Waals surface area contributed by atoms with Crippen LogP contribution in [0.15, 0.2) is 18.3 Å². The molecule has 0 amide bonds. The SMILES string of the molecule is CC(N)CC(C)Cc1ccnc(N)c1. The van der Waals surface area contributed by atoms with Crippen LogP contribution in [-0.2, 0) is 6.42 Å². The van der Waals surface area contributed by atoms with Crippen LogP contribution in [0.2, 0.25) is 0 Å². The van der Waals surface area contributed by atoms with E-state index in [0.717, 1.165) is 12.8 Å². The van der Waals surface area contributed by atoms with E-state index in [1.807, 2.05) is 19.1 Å². The summed E-state index contributed by atoms with van der Waals surface area (Å²) in [6, 6.07) is 4.20. The number of rotatable bonds is 4. The molecule has 1 aromatic rings. The zero-order chi connectivity index (χ0) is 10.6. The molecule has 0 bridgehead atoms. The molecule has 14 heavy (non-hydrogen) atoms. The predicted molar refractivity (Wildman–Crippen MR) is 59.8 cm³/mol. The third-order valence-corrected chi connectivity index (χ3v) is 2.20. The van der Waals surface area contributed by atoms with Crippen molar-refractivity contribution in [1.82, 2.24) is 4.98 Å². The van der Waals surface area contributed by atoms with Crippen molar-refractivity contribution >= 4 is 5.82 Å². The van der Waals surface area contributed by atoms with Crippen molar-refractivity contribution < 1.29 is 0 Å². The fourth-order valence-electron chi connectivity index (χ4n) is 1.74. The lowest BCUT2D eigenvalue weighted by atomic mass is 9.96. The van der Waals surface area contributed by atoms with Crippen LogP contribution in [0.4, 0.5) is 5.82 Å². The van der Waals surface area contributed by atoms with Crippen LogP contribution in [0.1, 0.15) is 25.8 Å². The smallest absolute Gasteiger partial charge is 0.123 e. The highest BCUT2D eigenvalue weighted by Gasteiger charge is 2.06. The molecule has 1 heterocycles. The van der Waals surface area contributed by atoms with Gasteiger partial charge in [-0.05, 0) is 43.4 Å². The van der Waals surface area contributed by atoms with Crippen molar-refractivity contribution in [3.05, 3.63) is 23.9 Å². The highest BCUT2D eigenvalue weighted by atomic mass is 14.8. The van der Waals surface area contributed by atoms with Crippen LogP contribution in [0, 0.1) is 5.92 Å². The maximum atomic E-state index is 5.74. The summed E-state index contributed by atoms with van der Waals surface area (Å²) in [7, 11) is 0. The Bertz CT molecular complexity index is 284. The first-order valence-electron chi connectivity index (χ1n) is 5.04. The maximum Gasteiger partial charge on any atom is 0.123 e. The van der Waals surface area contributed by atoms with E-state index in [1.54, 1.807) is 6.20 Å². The van der Waals surface area contributed by atoms with Crippen molar-refractivity contribution in [2.45, 2.75) is 32.7 Å². The Labute approximate surface area is 85.5 Å². The average Bonchev–Trinajstić information content (AvgIpc) is 2.01. The number of nitrogen functional groups attached to an aromatic ring is 1. The topological polar surface area (TPSA) is 64.9 Å². The lowest BCUT2D eigenvalue weighted by Crippen LogP contribution is -2.19. The van der Waals surface area contributed by atoms with Crippen molar-refractivity contribution in [1.29, 1.82) is 0 Å². The molecule has 3 nitrogen and oxygen atoms in total. The summed E-state index contributed by atoms with van der Waals surface area (Å²) >= 11 is 0. The van der Waals surface area contributed by atoms with E-state index in [9.17, 15) is 0 Å². The minimum atomic E-state index is 0.268. The van der Waals surface area contributed by atoms with Gasteiger partial charge >= 0.3 is 0 Å². The van der Waals surface area contributed by atoms with Gasteiger partial charge in [-0.3, -0.25) is 0 Å². The molecule has 0 spiro atoms. The van der Waals surface area contributed by atoms with Gasteiger partial charge < -0.3 is 11.5 Å². The number of nitrogens with two attached hydrogens (primary N) is 2. The molecule has 0 aliphatic heterocycles. The number of hydrogen-bond donors (Lipinski definition) is 2. The fourth-order valence-corrected chi connectivity index (χ4v) is 1.74. The molecule has 2 unspecified atom stereocenters. The lowest BCUT2D eigenvalue weighted by Gasteiger charge is -2.13. The van der Waals surface area contributed by atoms with Gasteiger partial charge in [0.2, 0.25) is 0 Å². The predicted octanol–water partition coefficient (Wildman–Crippen LogP) is 1.58. The van der Waals surface area contributed by atoms with Gasteiger partial charge in [0.15, 0.2) is 0 Å². The molecular formula is C11H19N3. The van der Waals surface area contributed by atoms with E-state index >= 15 is 0 Å². The molecule has 1 rings (SSSR count). The Hall–Kier alpha value is -1.09. The van der Waals surface area contributed by atoms with Gasteiger partial charge in [-0.2, -0.15) is 0 Å². The first-order valence-corrected chi connectivity index (χ1v) is 5.04. The van der Waals surface area contributed by atoms with Gasteiger partial charge in [-0.25, -0.2) is 4.98 Å². The van der Waals surface area contributed by atoms with Crippen molar-refractivity contribution in [2.75, 3.05) is 5.73 Å². The largest absolute Gasteiger partial charge is 0.384 e. The van der Waals surface area contributed by atoms with Crippen LogP contribution >= 0.6 is 0 Å². The molecule has 2 atom stereocenters. The second kappa shape index (κ2) is 4.96. The van der Waals surface area contributed by atoms with Crippen LogP contribution in [-0.4, -0.2) is 11.0 Å². The van der Waals surface area contributed by atoms with E-state index < -0.39 is 0 Å². The quantitative estimate of drug-likeness (QED) is 0.763. The number of nitrogens with zero attached hydrogens (tertiary/aromatic N) is 1. The standard InChI is InChI=1S/C11H19N3/c1-8(5-9(2)12)6-10-3-4-14-11(13)7-10/h3-4,7-9H,5-6,12H2,1-2H3,(H2,13,14). The zero-order valence-corrected chi connectivity index (χ0v) is 8.90. The monoisotopic (exact) mass is 193 g/mol. The van der Waals surface area contributed by atoms with Crippen LogP contribution < -0.4 is 11.5 Å². The molecule has 0 radical (unpaired) electrons. The van der Waals surface area contributed by atoms with Gasteiger partial charge in [-0.1, -0.05) is 6.92 Å². The normalized spacial score (nSPS) is 15.1. The third-order valence-electron chi connectivity index (χ3n) is 2.20. The summed E-state index contributed by atoms with van der Waals surface area (Å²) in [6.07, 6.45) is 3.82. The Morgan fingerprint density at radius 1 is 1.43 bits per heavy atom. The van der Waals surface area contributed by atoms with Crippen molar-refractivity contribution in [3.8, 4) is 0 Å². The molecule has 4 N–H and O–H groups in total. The lowest BCUT2D eigenvalue weighted by molar-refractivity contribution is 0.480. The minimum absolute atomic E-state index is 0.268. The number of aromatic nitrogens is 1. The second-order valence-corrected chi connectivity index (χ2v) is 4.11. The third kappa shape index (κ3) is 3.75. The van der Waals surface area contributed by atoms with Crippen LogP contribution in [0.3, 0.4) is 0 Å². The molecule has 0 aliphatic carbocycles. The van der Waals surface area contributed by atoms with Gasteiger partial charge in [0, 0.05) is 12.2 Å². The van der Waals surface area contributed by atoms with Gasteiger partial charge in [-0.15, -0.1) is 0 Å². The molecule has 0 fully saturated rings. The van der Waals surface area contributed by atoms with E-state index in [-0.39, 0.29) is 6.04 Å². The molecule has 3 heteroatoms. The van der Waals surface area contributed by atoms with E-state index in [2.05, 4.69) is 11.9 Å². The van der Waals surface area contributed by atoms with Gasteiger partial charge in [0.1, 0.15) is 5.82 Å². The van der Waals surface area contributed by atoms with Crippen LogP contribution in [0.25, 0.3) is 0 Å². The Morgan fingerprint density at radius 2 is 2.14 bits per heavy atom. The molecule has 0 saturated heterocycles. The number of anilines is 1. The minimum Gasteiger partial charge on any atom is -0.384 e. The average molecular weight is 193 g/mol. The molecule has 1 aromatic heterocycles. The molecule has 0 aromatic carbocycles. The summed E-state index contributed by atoms with van der Waals surface area (Å²) in [4.78, 5) is 3.96. The molecule has 0 aliphatic rings. The maximum absolute atomic E-state index is 5.74. The molecular weight excluding hydrogens is 174 g/mol. The summed E-state index contributed by atoms with van der Waals surface area (Å²) < 4.78 is 0. The van der Waals surface area contributed by atoms with E-state index in [1.165, 1.54) is 5.56 Å². The first-order chi connectivity index (χ1) is 6.58. The first kappa shape index (κ1) is 11.0. The Kier molecular flexibility index (Phi) is 3.89. The van der Waals surface area contributed by atoms with Crippen molar-refractivity contribution in [2.24, 2.45) is 11.7 Å². The summed E-state index contributed by atoms with van der Waals surface area (Å²) in [5, 5.41) is 0. The summed E-state index contributed by atoms with van der Waals surface area (Å²) in [6.45, 7) is 4.25. The Morgan fingerprint density at radius 3 is 2.71 bits per heavy atom. The molecule has 0 saturated carbocycles. The van der Waals surface area contributed by atoms with E-state index in [4.69, 9.17) is 11.5 Å². The van der Waals surface area contributed by atoms with Crippen molar-refractivity contribution in [3.63, 3.8) is 0 Å². The van der Waals surface area contributed by atoms with Gasteiger partial charge in [0.25, 0.3) is 0 Å². The molecule has 78 valence electrons. The summed E-state index contributed by atoms with van der Waals surface area (Å²) in [5.74, 6) is 1.19. The summed E-state index contributed by atoms with van der Waals surface area (Å²) in [5.41, 5.74) is 12.6. The number of pyridine rings is 1. The van der Waals surface area contributed by atoms with E-state index in [0.29, 0.717) is 11.7 Å². The van der Waals surface area contributed by atoms with Crippen LogP contribution in [0.5, 0.6) is 0 Å².